The summed E-state index contributed by atoms with van der Waals surface area (Å²) >= 11 is 0. The molecule has 120 valence electrons. The molecule has 1 amide bonds. The van der Waals surface area contributed by atoms with Crippen LogP contribution in [0.25, 0.3) is 5.69 Å². The molecular formula is C19H18N4O. The number of nitrogens with zero attached hydrogens (tertiary/aromatic N) is 4. The van der Waals surface area contributed by atoms with Crippen molar-refractivity contribution < 1.29 is 4.79 Å². The molecule has 0 radical (unpaired) electrons. The van der Waals surface area contributed by atoms with Crippen molar-refractivity contribution in [1.29, 1.82) is 0 Å². The van der Waals surface area contributed by atoms with Gasteiger partial charge < -0.3 is 4.90 Å². The number of anilines is 1. The number of para-hydroxylation sites is 1. The molecule has 0 saturated heterocycles. The van der Waals surface area contributed by atoms with E-state index in [-0.39, 0.29) is 11.9 Å². The second-order valence-corrected chi connectivity index (χ2v) is 6.09. The lowest BCUT2D eigenvalue weighted by molar-refractivity contribution is 0.0975. The van der Waals surface area contributed by atoms with E-state index >= 15 is 0 Å². The predicted molar refractivity (Wildman–Crippen MR) is 92.4 cm³/mol. The van der Waals surface area contributed by atoms with Gasteiger partial charge in [-0.2, -0.15) is 0 Å². The Bertz CT molecular complexity index is 873. The van der Waals surface area contributed by atoms with Crippen LogP contribution in [0.2, 0.25) is 0 Å². The van der Waals surface area contributed by atoms with Gasteiger partial charge in [0.25, 0.3) is 5.91 Å². The van der Waals surface area contributed by atoms with Gasteiger partial charge in [-0.3, -0.25) is 4.79 Å². The fourth-order valence-corrected chi connectivity index (χ4v) is 3.26. The standard InChI is InChI=1S/C19H18N4O/c1-14-9-10-15-5-2-3-8-18(15)23(14)19(24)16-6-4-7-17(13-16)22-12-11-20-21-22/h2-8,11-14H,9-10H2,1H3. The van der Waals surface area contributed by atoms with Crippen LogP contribution in [-0.4, -0.2) is 26.9 Å². The Morgan fingerprint density at radius 1 is 1.17 bits per heavy atom. The maximum absolute atomic E-state index is 13.2. The first-order valence-electron chi connectivity index (χ1n) is 8.12. The maximum Gasteiger partial charge on any atom is 0.258 e. The SMILES string of the molecule is CC1CCc2ccccc2N1C(=O)c1cccc(-n2ccnn2)c1. The highest BCUT2D eigenvalue weighted by molar-refractivity contribution is 6.07. The maximum atomic E-state index is 13.2. The molecule has 2 aromatic carbocycles. The van der Waals surface area contributed by atoms with E-state index in [1.807, 2.05) is 47.4 Å². The third-order valence-corrected chi connectivity index (χ3v) is 4.52. The van der Waals surface area contributed by atoms with Crippen LogP contribution in [0.4, 0.5) is 5.69 Å². The number of fused-ring (bicyclic) bond motifs is 1. The van der Waals surface area contributed by atoms with E-state index in [0.29, 0.717) is 5.56 Å². The zero-order valence-corrected chi connectivity index (χ0v) is 13.5. The summed E-state index contributed by atoms with van der Waals surface area (Å²) in [6.45, 7) is 2.11. The topological polar surface area (TPSA) is 51.0 Å². The van der Waals surface area contributed by atoms with Gasteiger partial charge in [-0.05, 0) is 49.6 Å². The number of aromatic nitrogens is 3. The molecule has 2 heterocycles. The summed E-state index contributed by atoms with van der Waals surface area (Å²) < 4.78 is 1.66. The Kier molecular flexibility index (Phi) is 3.61. The van der Waals surface area contributed by atoms with Crippen LogP contribution in [-0.2, 0) is 6.42 Å². The van der Waals surface area contributed by atoms with Gasteiger partial charge in [0.2, 0.25) is 0 Å². The molecule has 1 aliphatic rings. The minimum Gasteiger partial charge on any atom is -0.305 e. The van der Waals surface area contributed by atoms with Crippen molar-refractivity contribution in [2.24, 2.45) is 0 Å². The molecule has 4 rings (SSSR count). The summed E-state index contributed by atoms with van der Waals surface area (Å²) in [4.78, 5) is 15.1. The van der Waals surface area contributed by atoms with E-state index in [2.05, 4.69) is 23.3 Å². The lowest BCUT2D eigenvalue weighted by atomic mass is 9.95. The number of aryl methyl sites for hydroxylation is 1. The Labute approximate surface area is 140 Å². The van der Waals surface area contributed by atoms with Crippen LogP contribution in [0.3, 0.4) is 0 Å². The molecule has 1 aromatic heterocycles. The number of carbonyl (C=O) groups excluding carboxylic acids is 1. The lowest BCUT2D eigenvalue weighted by Gasteiger charge is -2.35. The molecule has 1 atom stereocenters. The Balaban J connectivity index is 1.73. The van der Waals surface area contributed by atoms with Crippen molar-refractivity contribution in [2.45, 2.75) is 25.8 Å². The predicted octanol–water partition coefficient (Wildman–Crippen LogP) is 3.25. The zero-order chi connectivity index (χ0) is 16.5. The van der Waals surface area contributed by atoms with Crippen molar-refractivity contribution >= 4 is 11.6 Å². The Hall–Kier alpha value is -2.95. The van der Waals surface area contributed by atoms with E-state index in [4.69, 9.17) is 0 Å². The van der Waals surface area contributed by atoms with Gasteiger partial charge >= 0.3 is 0 Å². The summed E-state index contributed by atoms with van der Waals surface area (Å²) in [7, 11) is 0. The fraction of sp³-hybridized carbons (Fsp3) is 0.211. The summed E-state index contributed by atoms with van der Waals surface area (Å²) in [5, 5.41) is 7.81. The van der Waals surface area contributed by atoms with Crippen molar-refractivity contribution in [3.05, 3.63) is 72.1 Å². The van der Waals surface area contributed by atoms with E-state index < -0.39 is 0 Å². The smallest absolute Gasteiger partial charge is 0.258 e. The van der Waals surface area contributed by atoms with E-state index in [1.54, 1.807) is 17.1 Å². The Morgan fingerprint density at radius 3 is 2.88 bits per heavy atom. The third-order valence-electron chi connectivity index (χ3n) is 4.52. The summed E-state index contributed by atoms with van der Waals surface area (Å²) in [6, 6.07) is 15.9. The van der Waals surface area contributed by atoms with Crippen LogP contribution in [0.1, 0.15) is 29.3 Å². The molecule has 0 fully saturated rings. The summed E-state index contributed by atoms with van der Waals surface area (Å²) in [5.41, 5.74) is 3.74. The molecule has 0 aliphatic carbocycles. The summed E-state index contributed by atoms with van der Waals surface area (Å²) in [5.74, 6) is 0.0246. The van der Waals surface area contributed by atoms with Gasteiger partial charge in [-0.15, -0.1) is 5.10 Å². The van der Waals surface area contributed by atoms with Gasteiger partial charge in [0, 0.05) is 17.3 Å². The van der Waals surface area contributed by atoms with Crippen LogP contribution < -0.4 is 4.90 Å². The molecule has 5 nitrogen and oxygen atoms in total. The van der Waals surface area contributed by atoms with Crippen molar-refractivity contribution in [1.82, 2.24) is 15.0 Å². The number of amides is 1. The zero-order valence-electron chi connectivity index (χ0n) is 13.5. The van der Waals surface area contributed by atoms with Crippen LogP contribution in [0, 0.1) is 0 Å². The Morgan fingerprint density at radius 2 is 2.04 bits per heavy atom. The van der Waals surface area contributed by atoms with Gasteiger partial charge in [0.1, 0.15) is 0 Å². The average molecular weight is 318 g/mol. The normalized spacial score (nSPS) is 16.7. The number of rotatable bonds is 2. The molecule has 0 bridgehead atoms. The van der Waals surface area contributed by atoms with Gasteiger partial charge in [-0.1, -0.05) is 29.5 Å². The molecule has 1 aliphatic heterocycles. The third kappa shape index (κ3) is 2.48. The highest BCUT2D eigenvalue weighted by Gasteiger charge is 2.28. The van der Waals surface area contributed by atoms with E-state index in [0.717, 1.165) is 24.2 Å². The largest absolute Gasteiger partial charge is 0.305 e. The average Bonchev–Trinajstić information content (AvgIpc) is 3.16. The molecular weight excluding hydrogens is 300 g/mol. The number of benzene rings is 2. The van der Waals surface area contributed by atoms with Crippen molar-refractivity contribution in [3.8, 4) is 5.69 Å². The van der Waals surface area contributed by atoms with Crippen molar-refractivity contribution in [2.75, 3.05) is 4.90 Å². The molecule has 0 spiro atoms. The van der Waals surface area contributed by atoms with E-state index in [9.17, 15) is 4.79 Å². The molecule has 0 saturated carbocycles. The van der Waals surface area contributed by atoms with Crippen LogP contribution in [0.15, 0.2) is 60.9 Å². The first-order chi connectivity index (χ1) is 11.7. The molecule has 1 unspecified atom stereocenters. The van der Waals surface area contributed by atoms with Crippen LogP contribution >= 0.6 is 0 Å². The minimum atomic E-state index is 0.0246. The van der Waals surface area contributed by atoms with E-state index in [1.165, 1.54) is 5.56 Å². The quantitative estimate of drug-likeness (QED) is 0.729. The van der Waals surface area contributed by atoms with Gasteiger partial charge in [0.15, 0.2) is 0 Å². The highest BCUT2D eigenvalue weighted by atomic mass is 16.2. The van der Waals surface area contributed by atoms with Crippen molar-refractivity contribution in [3.63, 3.8) is 0 Å². The van der Waals surface area contributed by atoms with Gasteiger partial charge in [-0.25, -0.2) is 4.68 Å². The molecule has 0 N–H and O–H groups in total. The number of hydrogen-bond donors (Lipinski definition) is 0. The number of hydrogen-bond acceptors (Lipinski definition) is 3. The highest BCUT2D eigenvalue weighted by Crippen LogP contribution is 2.31. The molecule has 5 heteroatoms. The molecule has 3 aromatic rings. The van der Waals surface area contributed by atoms with Crippen LogP contribution in [0.5, 0.6) is 0 Å². The summed E-state index contributed by atoms with van der Waals surface area (Å²) in [6.07, 6.45) is 5.38. The number of carbonyl (C=O) groups is 1. The first kappa shape index (κ1) is 14.6. The second-order valence-electron chi connectivity index (χ2n) is 6.09. The minimum absolute atomic E-state index is 0.0246. The first-order valence-corrected chi connectivity index (χ1v) is 8.12. The second kappa shape index (κ2) is 5.92. The molecule has 24 heavy (non-hydrogen) atoms. The fourth-order valence-electron chi connectivity index (χ4n) is 3.26. The monoisotopic (exact) mass is 318 g/mol. The van der Waals surface area contributed by atoms with Gasteiger partial charge in [0.05, 0.1) is 18.1 Å². The lowest BCUT2D eigenvalue weighted by Crippen LogP contribution is -2.42.